The van der Waals surface area contributed by atoms with E-state index < -0.39 is 23.9 Å². The van der Waals surface area contributed by atoms with Gasteiger partial charge in [0.25, 0.3) is 0 Å². The molecular weight excluding hydrogens is 472 g/mol. The zero-order valence-electron chi connectivity index (χ0n) is 20.9. The highest BCUT2D eigenvalue weighted by molar-refractivity contribution is 6.02. The molecule has 5 amide bonds. The molecular formula is C28H32N4O5. The zero-order chi connectivity index (χ0) is 26.4. The van der Waals surface area contributed by atoms with Crippen molar-refractivity contribution in [1.29, 1.82) is 0 Å². The molecule has 3 unspecified atom stereocenters. The number of amides is 5. The van der Waals surface area contributed by atoms with E-state index in [9.17, 15) is 19.2 Å². The molecule has 1 aliphatic heterocycles. The lowest BCUT2D eigenvalue weighted by Crippen LogP contribution is -2.64. The van der Waals surface area contributed by atoms with Gasteiger partial charge in [-0.3, -0.25) is 19.3 Å². The van der Waals surface area contributed by atoms with Crippen molar-refractivity contribution in [3.05, 3.63) is 72.8 Å². The summed E-state index contributed by atoms with van der Waals surface area (Å²) in [6.45, 7) is 3.89. The first-order chi connectivity index (χ1) is 17.9. The van der Waals surface area contributed by atoms with E-state index in [4.69, 9.17) is 4.74 Å². The normalized spacial score (nSPS) is 21.2. The van der Waals surface area contributed by atoms with Crippen molar-refractivity contribution in [2.24, 2.45) is 11.8 Å². The average molecular weight is 505 g/mol. The lowest BCUT2D eigenvalue weighted by atomic mass is 9.75. The third kappa shape index (κ3) is 5.99. The van der Waals surface area contributed by atoms with Crippen molar-refractivity contribution in [2.75, 3.05) is 25.5 Å². The first-order valence-corrected chi connectivity index (χ1v) is 12.4. The number of carbonyl (C=O) groups excluding carboxylic acids is 4. The lowest BCUT2D eigenvalue weighted by molar-refractivity contribution is -0.144. The number of nitrogens with one attached hydrogen (secondary N) is 2. The molecule has 2 N–H and O–H groups in total. The van der Waals surface area contributed by atoms with Crippen molar-refractivity contribution < 1.29 is 23.9 Å². The largest absolute Gasteiger partial charge is 0.497 e. The molecule has 1 heterocycles. The second kappa shape index (κ2) is 11.7. The molecule has 2 aliphatic rings. The van der Waals surface area contributed by atoms with Gasteiger partial charge in [-0.2, -0.15) is 0 Å². The summed E-state index contributed by atoms with van der Waals surface area (Å²) in [6.07, 6.45) is 2.81. The van der Waals surface area contributed by atoms with Gasteiger partial charge in [0.1, 0.15) is 12.3 Å². The molecule has 37 heavy (non-hydrogen) atoms. The average Bonchev–Trinajstić information content (AvgIpc) is 2.92. The van der Waals surface area contributed by atoms with Gasteiger partial charge in [0.05, 0.1) is 13.0 Å². The summed E-state index contributed by atoms with van der Waals surface area (Å²) in [7, 11) is 1.54. The molecule has 3 atom stereocenters. The topological polar surface area (TPSA) is 108 Å². The van der Waals surface area contributed by atoms with Crippen LogP contribution in [0.15, 0.2) is 67.3 Å². The highest BCUT2D eigenvalue weighted by Gasteiger charge is 2.49. The summed E-state index contributed by atoms with van der Waals surface area (Å²) in [5.74, 6) is -1.03. The van der Waals surface area contributed by atoms with Crippen molar-refractivity contribution in [3.63, 3.8) is 0 Å². The van der Waals surface area contributed by atoms with Gasteiger partial charge in [0.15, 0.2) is 0 Å². The Morgan fingerprint density at radius 2 is 1.89 bits per heavy atom. The van der Waals surface area contributed by atoms with Crippen molar-refractivity contribution in [3.8, 4) is 5.75 Å². The molecule has 2 aromatic rings. The molecule has 1 saturated heterocycles. The number of fused-ring (bicyclic) bond motifs is 1. The van der Waals surface area contributed by atoms with Gasteiger partial charge in [-0.25, -0.2) is 4.79 Å². The summed E-state index contributed by atoms with van der Waals surface area (Å²) in [5, 5.41) is 5.77. The zero-order valence-corrected chi connectivity index (χ0v) is 20.9. The van der Waals surface area contributed by atoms with Crippen LogP contribution >= 0.6 is 0 Å². The summed E-state index contributed by atoms with van der Waals surface area (Å²) in [4.78, 5) is 55.0. The van der Waals surface area contributed by atoms with E-state index in [1.54, 1.807) is 24.3 Å². The van der Waals surface area contributed by atoms with Crippen LogP contribution in [-0.4, -0.2) is 59.8 Å². The molecule has 2 fully saturated rings. The van der Waals surface area contributed by atoms with Crippen LogP contribution in [0.5, 0.6) is 5.75 Å². The van der Waals surface area contributed by atoms with Crippen molar-refractivity contribution in [1.82, 2.24) is 15.1 Å². The maximum absolute atomic E-state index is 13.3. The van der Waals surface area contributed by atoms with E-state index in [2.05, 4.69) is 17.2 Å². The van der Waals surface area contributed by atoms with Crippen LogP contribution in [0, 0.1) is 11.8 Å². The van der Waals surface area contributed by atoms with Crippen LogP contribution in [0.25, 0.3) is 0 Å². The molecule has 2 aromatic carbocycles. The molecule has 9 nitrogen and oxygen atoms in total. The Balaban J connectivity index is 1.48. The Morgan fingerprint density at radius 3 is 2.62 bits per heavy atom. The van der Waals surface area contributed by atoms with E-state index in [1.807, 2.05) is 30.3 Å². The molecule has 0 bridgehead atoms. The summed E-state index contributed by atoms with van der Waals surface area (Å²) >= 11 is 0. The SMILES string of the molecule is C=CCN1C(=O)C2CCC(C(=O)NCc3ccccc3)CC2N(CC(=O)Nc2cccc(OC)c2)C1=O. The fourth-order valence-electron chi connectivity index (χ4n) is 5.08. The number of methoxy groups -OCH3 is 1. The van der Waals surface area contributed by atoms with Gasteiger partial charge in [-0.1, -0.05) is 42.5 Å². The van der Waals surface area contributed by atoms with E-state index >= 15 is 0 Å². The molecule has 0 aromatic heterocycles. The van der Waals surface area contributed by atoms with Crippen LogP contribution in [0.1, 0.15) is 24.8 Å². The predicted molar refractivity (Wildman–Crippen MR) is 139 cm³/mol. The number of benzene rings is 2. The number of hydrogen-bond donors (Lipinski definition) is 2. The number of anilines is 1. The maximum Gasteiger partial charge on any atom is 0.327 e. The third-order valence-electron chi connectivity index (χ3n) is 6.94. The number of ether oxygens (including phenoxy) is 1. The second-order valence-electron chi connectivity index (χ2n) is 9.32. The number of urea groups is 1. The van der Waals surface area contributed by atoms with Crippen LogP contribution in [0.3, 0.4) is 0 Å². The van der Waals surface area contributed by atoms with E-state index in [-0.39, 0.29) is 30.8 Å². The Labute approximate surface area is 216 Å². The van der Waals surface area contributed by atoms with Gasteiger partial charge in [-0.15, -0.1) is 6.58 Å². The highest BCUT2D eigenvalue weighted by Crippen LogP contribution is 2.37. The minimum Gasteiger partial charge on any atom is -0.497 e. The van der Waals surface area contributed by atoms with Gasteiger partial charge >= 0.3 is 6.03 Å². The molecule has 1 saturated carbocycles. The number of nitrogens with zero attached hydrogens (tertiary/aromatic N) is 2. The summed E-state index contributed by atoms with van der Waals surface area (Å²) in [5.41, 5.74) is 1.52. The van der Waals surface area contributed by atoms with Crippen LogP contribution in [0.4, 0.5) is 10.5 Å². The first-order valence-electron chi connectivity index (χ1n) is 12.4. The van der Waals surface area contributed by atoms with Crippen LogP contribution in [0.2, 0.25) is 0 Å². The standard InChI is InChI=1S/C28H32N4O5/c1-3-14-31-27(35)23-13-12-20(26(34)29-17-19-8-5-4-6-9-19)15-24(23)32(28(31)36)18-25(33)30-21-10-7-11-22(16-21)37-2/h3-11,16,20,23-24H,1,12-15,17-18H2,2H3,(H,29,34)(H,30,33). The van der Waals surface area contributed by atoms with E-state index in [0.29, 0.717) is 37.2 Å². The molecule has 4 rings (SSSR count). The molecule has 0 radical (unpaired) electrons. The smallest absolute Gasteiger partial charge is 0.327 e. The minimum absolute atomic E-state index is 0.0654. The maximum atomic E-state index is 13.3. The van der Waals surface area contributed by atoms with Gasteiger partial charge in [0.2, 0.25) is 17.7 Å². The third-order valence-corrected chi connectivity index (χ3v) is 6.94. The number of rotatable bonds is 9. The Kier molecular flexibility index (Phi) is 8.22. The fourth-order valence-corrected chi connectivity index (χ4v) is 5.08. The quantitative estimate of drug-likeness (QED) is 0.510. The van der Waals surface area contributed by atoms with Gasteiger partial charge < -0.3 is 20.3 Å². The molecule has 9 heteroatoms. The first kappa shape index (κ1) is 25.9. The number of imide groups is 1. The molecule has 1 aliphatic carbocycles. The van der Waals surface area contributed by atoms with E-state index in [0.717, 1.165) is 10.5 Å². The molecule has 194 valence electrons. The lowest BCUT2D eigenvalue weighted by Gasteiger charge is -2.47. The Hall–Kier alpha value is -4.14. The van der Waals surface area contributed by atoms with E-state index in [1.165, 1.54) is 18.1 Å². The highest BCUT2D eigenvalue weighted by atomic mass is 16.5. The van der Waals surface area contributed by atoms with Crippen molar-refractivity contribution >= 4 is 29.4 Å². The second-order valence-corrected chi connectivity index (χ2v) is 9.32. The van der Waals surface area contributed by atoms with Crippen molar-refractivity contribution in [2.45, 2.75) is 31.8 Å². The summed E-state index contributed by atoms with van der Waals surface area (Å²) < 4.78 is 5.20. The van der Waals surface area contributed by atoms with Crippen LogP contribution < -0.4 is 15.4 Å². The fraction of sp³-hybridized carbons (Fsp3) is 0.357. The summed E-state index contributed by atoms with van der Waals surface area (Å²) in [6, 6.07) is 15.4. The van der Waals surface area contributed by atoms with Gasteiger partial charge in [0, 0.05) is 36.8 Å². The number of carbonyl (C=O) groups is 4. The van der Waals surface area contributed by atoms with Crippen LogP contribution in [-0.2, 0) is 20.9 Å². The number of hydrogen-bond acceptors (Lipinski definition) is 5. The molecule has 0 spiro atoms. The minimum atomic E-state index is -0.544. The monoisotopic (exact) mass is 504 g/mol. The Bertz CT molecular complexity index is 1170. The Morgan fingerprint density at radius 1 is 1.11 bits per heavy atom. The van der Waals surface area contributed by atoms with Gasteiger partial charge in [-0.05, 0) is 37.0 Å². The predicted octanol–water partition coefficient (Wildman–Crippen LogP) is 3.19.